The maximum Gasteiger partial charge on any atom is 0.242 e. The molecule has 0 saturated heterocycles. The van der Waals surface area contributed by atoms with Gasteiger partial charge in [-0.05, 0) is 31.4 Å². The van der Waals surface area contributed by atoms with Gasteiger partial charge in [0.05, 0.1) is 6.20 Å². The summed E-state index contributed by atoms with van der Waals surface area (Å²) in [5.74, 6) is 0.295. The van der Waals surface area contributed by atoms with Gasteiger partial charge in [0.25, 0.3) is 0 Å². The summed E-state index contributed by atoms with van der Waals surface area (Å²) in [4.78, 5) is 19.4. The monoisotopic (exact) mass is 274 g/mol. The van der Waals surface area contributed by atoms with Crippen LogP contribution in [0, 0.1) is 0 Å². The molecule has 0 aliphatic heterocycles. The fourth-order valence-electron chi connectivity index (χ4n) is 1.27. The maximum atomic E-state index is 11.7. The molecule has 7 heteroatoms. The number of anilines is 1. The van der Waals surface area contributed by atoms with Crippen LogP contribution in [0.2, 0.25) is 10.3 Å². The Bertz CT molecular complexity index is 436. The quantitative estimate of drug-likeness (QED) is 0.823. The zero-order chi connectivity index (χ0) is 12.4. The van der Waals surface area contributed by atoms with Crippen molar-refractivity contribution in [2.75, 3.05) is 5.32 Å². The predicted molar refractivity (Wildman–Crippen MR) is 66.3 cm³/mol. The summed E-state index contributed by atoms with van der Waals surface area (Å²) in [6, 6.07) is -0.0877. The van der Waals surface area contributed by atoms with Gasteiger partial charge in [-0.1, -0.05) is 11.6 Å². The van der Waals surface area contributed by atoms with Crippen LogP contribution in [0.5, 0.6) is 0 Å². The highest BCUT2D eigenvalue weighted by molar-refractivity contribution is 6.33. The number of amides is 1. The lowest BCUT2D eigenvalue weighted by atomic mass is 10.3. The normalized spacial score (nSPS) is 16.4. The average molecular weight is 275 g/mol. The van der Waals surface area contributed by atoms with E-state index in [1.54, 1.807) is 6.92 Å². The van der Waals surface area contributed by atoms with Gasteiger partial charge in [0, 0.05) is 6.04 Å². The number of hydrogen-bond acceptors (Lipinski definition) is 4. The molecule has 1 heterocycles. The first-order chi connectivity index (χ1) is 8.06. The Kier molecular flexibility index (Phi) is 3.69. The second-order valence-corrected chi connectivity index (χ2v) is 4.73. The van der Waals surface area contributed by atoms with Crippen LogP contribution in [0.15, 0.2) is 6.20 Å². The molecule has 1 unspecified atom stereocenters. The van der Waals surface area contributed by atoms with E-state index in [0.29, 0.717) is 16.9 Å². The first-order valence-corrected chi connectivity index (χ1v) is 6.07. The first-order valence-electron chi connectivity index (χ1n) is 5.31. The Labute approximate surface area is 109 Å². The molecule has 2 rings (SSSR count). The molecule has 1 aliphatic carbocycles. The van der Waals surface area contributed by atoms with Crippen LogP contribution in [-0.4, -0.2) is 28.0 Å². The Balaban J connectivity index is 1.98. The van der Waals surface area contributed by atoms with Crippen molar-refractivity contribution in [1.82, 2.24) is 15.3 Å². The Hall–Kier alpha value is -1.07. The third-order valence-corrected chi connectivity index (χ3v) is 2.84. The molecule has 0 bridgehead atoms. The topological polar surface area (TPSA) is 66.9 Å². The van der Waals surface area contributed by atoms with Gasteiger partial charge in [-0.2, -0.15) is 4.98 Å². The largest absolute Gasteiger partial charge is 0.357 e. The van der Waals surface area contributed by atoms with Gasteiger partial charge in [0.15, 0.2) is 5.82 Å². The van der Waals surface area contributed by atoms with Gasteiger partial charge in [0.1, 0.15) is 11.1 Å². The fourth-order valence-corrected chi connectivity index (χ4v) is 1.55. The molecule has 1 aromatic heterocycles. The molecule has 92 valence electrons. The maximum absolute atomic E-state index is 11.7. The lowest BCUT2D eigenvalue weighted by Crippen LogP contribution is -2.38. The van der Waals surface area contributed by atoms with Crippen LogP contribution >= 0.6 is 23.2 Å². The number of nitrogens with one attached hydrogen (secondary N) is 2. The highest BCUT2D eigenvalue weighted by Gasteiger charge is 2.25. The van der Waals surface area contributed by atoms with Crippen LogP contribution in [0.4, 0.5) is 5.82 Å². The minimum atomic E-state index is -0.418. The van der Waals surface area contributed by atoms with Crippen LogP contribution < -0.4 is 10.6 Å². The first kappa shape index (κ1) is 12.4. The molecule has 1 amide bonds. The number of hydrogen-bond donors (Lipinski definition) is 2. The molecular formula is C10H12Cl2N4O. The van der Waals surface area contributed by atoms with Crippen molar-refractivity contribution in [1.29, 1.82) is 0 Å². The number of halogens is 2. The van der Waals surface area contributed by atoms with E-state index in [0.717, 1.165) is 12.8 Å². The smallest absolute Gasteiger partial charge is 0.242 e. The second-order valence-electron chi connectivity index (χ2n) is 3.98. The summed E-state index contributed by atoms with van der Waals surface area (Å²) in [6.45, 7) is 1.74. The van der Waals surface area contributed by atoms with Crippen molar-refractivity contribution in [2.45, 2.75) is 31.8 Å². The van der Waals surface area contributed by atoms with Gasteiger partial charge < -0.3 is 10.6 Å². The van der Waals surface area contributed by atoms with Crippen molar-refractivity contribution >= 4 is 34.9 Å². The second kappa shape index (κ2) is 5.06. The lowest BCUT2D eigenvalue weighted by molar-refractivity contribution is -0.121. The van der Waals surface area contributed by atoms with Gasteiger partial charge >= 0.3 is 0 Å². The number of rotatable bonds is 4. The molecule has 0 aromatic carbocycles. The molecule has 0 spiro atoms. The molecule has 1 aromatic rings. The van der Waals surface area contributed by atoms with Gasteiger partial charge in [-0.15, -0.1) is 0 Å². The summed E-state index contributed by atoms with van der Waals surface area (Å²) in [5.41, 5.74) is 0. The zero-order valence-electron chi connectivity index (χ0n) is 9.20. The number of aromatic nitrogens is 2. The third-order valence-electron chi connectivity index (χ3n) is 2.38. The Morgan fingerprint density at radius 3 is 2.88 bits per heavy atom. The van der Waals surface area contributed by atoms with Gasteiger partial charge in [-0.25, -0.2) is 4.98 Å². The van der Waals surface area contributed by atoms with Crippen molar-refractivity contribution in [3.05, 3.63) is 16.5 Å². The zero-order valence-corrected chi connectivity index (χ0v) is 10.7. The molecule has 1 fully saturated rings. The average Bonchev–Trinajstić information content (AvgIpc) is 3.07. The van der Waals surface area contributed by atoms with E-state index in [9.17, 15) is 4.79 Å². The van der Waals surface area contributed by atoms with Crippen molar-refractivity contribution < 1.29 is 4.79 Å². The van der Waals surface area contributed by atoms with Gasteiger partial charge in [0.2, 0.25) is 11.2 Å². The molecule has 1 aliphatic rings. The highest BCUT2D eigenvalue weighted by Crippen LogP contribution is 2.21. The van der Waals surface area contributed by atoms with E-state index >= 15 is 0 Å². The Morgan fingerprint density at radius 2 is 2.24 bits per heavy atom. The fraction of sp³-hybridized carbons (Fsp3) is 0.500. The van der Waals surface area contributed by atoms with E-state index in [-0.39, 0.29) is 11.2 Å². The van der Waals surface area contributed by atoms with Gasteiger partial charge in [-0.3, -0.25) is 4.79 Å². The molecule has 17 heavy (non-hydrogen) atoms. The van der Waals surface area contributed by atoms with E-state index < -0.39 is 6.04 Å². The van der Waals surface area contributed by atoms with Crippen LogP contribution in [0.1, 0.15) is 19.8 Å². The molecular weight excluding hydrogens is 263 g/mol. The summed E-state index contributed by atoms with van der Waals surface area (Å²) in [5, 5.41) is 6.21. The number of nitrogens with zero attached hydrogens (tertiary/aromatic N) is 2. The van der Waals surface area contributed by atoms with Crippen molar-refractivity contribution in [3.63, 3.8) is 0 Å². The van der Waals surface area contributed by atoms with Crippen molar-refractivity contribution in [3.8, 4) is 0 Å². The molecule has 1 saturated carbocycles. The van der Waals surface area contributed by atoms with E-state index in [4.69, 9.17) is 23.2 Å². The number of carbonyl (C=O) groups is 1. The SMILES string of the molecule is CC(Nc1nc(Cl)ncc1Cl)C(=O)NC1CC1. The third kappa shape index (κ3) is 3.44. The molecule has 5 nitrogen and oxygen atoms in total. The summed E-state index contributed by atoms with van der Waals surface area (Å²) >= 11 is 11.5. The van der Waals surface area contributed by atoms with Crippen LogP contribution in [-0.2, 0) is 4.79 Å². The van der Waals surface area contributed by atoms with E-state index in [1.165, 1.54) is 6.20 Å². The standard InChI is InChI=1S/C10H12Cl2N4O/c1-5(9(17)15-6-2-3-6)14-8-7(11)4-13-10(12)16-8/h4-6H,2-3H2,1H3,(H,15,17)(H,13,14,16). The Morgan fingerprint density at radius 1 is 1.53 bits per heavy atom. The predicted octanol–water partition coefficient (Wildman–Crippen LogP) is 1.86. The molecule has 2 N–H and O–H groups in total. The van der Waals surface area contributed by atoms with E-state index in [1.807, 2.05) is 0 Å². The number of carbonyl (C=O) groups excluding carboxylic acids is 1. The summed E-state index contributed by atoms with van der Waals surface area (Å²) in [6.07, 6.45) is 3.50. The highest BCUT2D eigenvalue weighted by atomic mass is 35.5. The summed E-state index contributed by atoms with van der Waals surface area (Å²) in [7, 11) is 0. The van der Waals surface area contributed by atoms with E-state index in [2.05, 4.69) is 20.6 Å². The summed E-state index contributed by atoms with van der Waals surface area (Å²) < 4.78 is 0. The minimum absolute atomic E-state index is 0.0710. The minimum Gasteiger partial charge on any atom is -0.357 e. The lowest BCUT2D eigenvalue weighted by Gasteiger charge is -2.14. The van der Waals surface area contributed by atoms with Crippen LogP contribution in [0.3, 0.4) is 0 Å². The van der Waals surface area contributed by atoms with Crippen molar-refractivity contribution in [2.24, 2.45) is 0 Å². The molecule has 1 atom stereocenters. The van der Waals surface area contributed by atoms with Crippen LogP contribution in [0.25, 0.3) is 0 Å². The molecule has 0 radical (unpaired) electrons.